The summed E-state index contributed by atoms with van der Waals surface area (Å²) in [5, 5.41) is 0. The summed E-state index contributed by atoms with van der Waals surface area (Å²) >= 11 is 0. The van der Waals surface area contributed by atoms with E-state index in [1.165, 1.54) is 0 Å². The van der Waals surface area contributed by atoms with Crippen molar-refractivity contribution in [2.24, 2.45) is 11.1 Å². The maximum atomic E-state index is 5.57. The van der Waals surface area contributed by atoms with Crippen LogP contribution in [0.4, 0.5) is 0 Å². The first-order chi connectivity index (χ1) is 8.51. The molecule has 2 N–H and O–H groups in total. The minimum Gasteiger partial charge on any atom is -0.491 e. The van der Waals surface area contributed by atoms with E-state index in [4.69, 9.17) is 15.2 Å². The summed E-state index contributed by atoms with van der Waals surface area (Å²) in [5.74, 6) is 0.867. The van der Waals surface area contributed by atoms with Crippen LogP contribution in [0, 0.1) is 5.41 Å². The van der Waals surface area contributed by atoms with E-state index in [1.54, 1.807) is 0 Å². The normalized spacial score (nSPS) is 11.6. The predicted octanol–water partition coefficient (Wildman–Crippen LogP) is 2.98. The molecule has 3 heteroatoms. The van der Waals surface area contributed by atoms with Gasteiger partial charge in [-0.2, -0.15) is 0 Å². The molecule has 0 radical (unpaired) electrons. The summed E-state index contributed by atoms with van der Waals surface area (Å²) in [6, 6.07) is 7.85. The number of nitrogens with two attached hydrogens (primary N) is 1. The molecule has 0 amide bonds. The van der Waals surface area contributed by atoms with Crippen molar-refractivity contribution in [1.82, 2.24) is 0 Å². The van der Waals surface area contributed by atoms with Gasteiger partial charge in [-0.3, -0.25) is 0 Å². The fourth-order valence-corrected chi connectivity index (χ4v) is 1.42. The molecule has 0 aromatic heterocycles. The molecule has 0 spiro atoms. The third-order valence-electron chi connectivity index (χ3n) is 2.65. The Labute approximate surface area is 110 Å². The second kappa shape index (κ2) is 7.39. The minimum absolute atomic E-state index is 0.332. The zero-order valence-electron chi connectivity index (χ0n) is 11.7. The van der Waals surface area contributed by atoms with Crippen LogP contribution in [0.2, 0.25) is 0 Å². The highest BCUT2D eigenvalue weighted by atomic mass is 16.5. The van der Waals surface area contributed by atoms with E-state index in [-0.39, 0.29) is 0 Å². The van der Waals surface area contributed by atoms with Crippen LogP contribution in [-0.4, -0.2) is 19.8 Å². The predicted molar refractivity (Wildman–Crippen MR) is 74.7 cm³/mol. The van der Waals surface area contributed by atoms with Crippen LogP contribution >= 0.6 is 0 Å². The first-order valence-electron chi connectivity index (χ1n) is 6.51. The Morgan fingerprint density at radius 1 is 1.00 bits per heavy atom. The van der Waals surface area contributed by atoms with Crippen molar-refractivity contribution in [3.05, 3.63) is 29.8 Å². The maximum absolute atomic E-state index is 5.57. The van der Waals surface area contributed by atoms with E-state index in [0.29, 0.717) is 25.2 Å². The van der Waals surface area contributed by atoms with Gasteiger partial charge >= 0.3 is 0 Å². The molecule has 0 saturated heterocycles. The molecule has 0 atom stereocenters. The van der Waals surface area contributed by atoms with Crippen LogP contribution in [-0.2, 0) is 11.3 Å². The molecule has 102 valence electrons. The highest BCUT2D eigenvalue weighted by molar-refractivity contribution is 5.26. The van der Waals surface area contributed by atoms with Crippen molar-refractivity contribution < 1.29 is 9.47 Å². The van der Waals surface area contributed by atoms with E-state index in [2.05, 4.69) is 20.8 Å². The molecule has 18 heavy (non-hydrogen) atoms. The number of ether oxygens (including phenoxy) is 2. The quantitative estimate of drug-likeness (QED) is 0.758. The third-order valence-corrected chi connectivity index (χ3v) is 2.65. The summed E-state index contributed by atoms with van der Waals surface area (Å²) in [6.45, 7) is 9.22. The summed E-state index contributed by atoms with van der Waals surface area (Å²) in [5.41, 5.74) is 6.98. The van der Waals surface area contributed by atoms with Crippen molar-refractivity contribution in [3.8, 4) is 5.75 Å². The Hall–Kier alpha value is -1.06. The van der Waals surface area contributed by atoms with Crippen molar-refractivity contribution >= 4 is 0 Å². The Balaban J connectivity index is 2.10. The van der Waals surface area contributed by atoms with Crippen LogP contribution < -0.4 is 10.5 Å². The monoisotopic (exact) mass is 251 g/mol. The number of hydrogen-bond donors (Lipinski definition) is 1. The Kier molecular flexibility index (Phi) is 6.16. The lowest BCUT2D eigenvalue weighted by molar-refractivity contribution is 0.0818. The number of benzene rings is 1. The third kappa shape index (κ3) is 6.62. The van der Waals surface area contributed by atoms with Gasteiger partial charge in [0.2, 0.25) is 0 Å². The zero-order chi connectivity index (χ0) is 13.4. The standard InChI is InChI=1S/C15H25NO2/c1-15(2,3)8-9-17-10-11-18-14-6-4-13(12-16)5-7-14/h4-7H,8-12,16H2,1-3H3. The average Bonchev–Trinajstić information content (AvgIpc) is 2.33. The molecule has 0 unspecified atom stereocenters. The molecule has 1 rings (SSSR count). The van der Waals surface area contributed by atoms with E-state index in [0.717, 1.165) is 24.3 Å². The van der Waals surface area contributed by atoms with Gasteiger partial charge in [-0.1, -0.05) is 32.9 Å². The number of hydrogen-bond acceptors (Lipinski definition) is 3. The van der Waals surface area contributed by atoms with E-state index >= 15 is 0 Å². The summed E-state index contributed by atoms with van der Waals surface area (Å²) in [4.78, 5) is 0. The molecule has 0 bridgehead atoms. The van der Waals surface area contributed by atoms with Crippen molar-refractivity contribution in [2.45, 2.75) is 33.7 Å². The molecule has 0 aliphatic carbocycles. The second-order valence-corrected chi connectivity index (χ2v) is 5.62. The Morgan fingerprint density at radius 2 is 1.67 bits per heavy atom. The molecule has 0 fully saturated rings. The molecule has 0 aliphatic heterocycles. The topological polar surface area (TPSA) is 44.5 Å². The minimum atomic E-state index is 0.332. The summed E-state index contributed by atoms with van der Waals surface area (Å²) in [6.07, 6.45) is 1.07. The van der Waals surface area contributed by atoms with Gasteiger partial charge in [0.25, 0.3) is 0 Å². The van der Waals surface area contributed by atoms with Crippen LogP contribution in [0.5, 0.6) is 5.75 Å². The van der Waals surface area contributed by atoms with E-state index in [1.807, 2.05) is 24.3 Å². The first-order valence-corrected chi connectivity index (χ1v) is 6.51. The fraction of sp³-hybridized carbons (Fsp3) is 0.600. The van der Waals surface area contributed by atoms with Crippen molar-refractivity contribution in [2.75, 3.05) is 19.8 Å². The van der Waals surface area contributed by atoms with Gasteiger partial charge in [0.1, 0.15) is 12.4 Å². The molecule has 0 aliphatic rings. The fourth-order valence-electron chi connectivity index (χ4n) is 1.42. The van der Waals surface area contributed by atoms with E-state index in [9.17, 15) is 0 Å². The van der Waals surface area contributed by atoms with Crippen molar-refractivity contribution in [1.29, 1.82) is 0 Å². The molecular formula is C15H25NO2. The first kappa shape index (κ1) is 15.0. The van der Waals surface area contributed by atoms with Gasteiger partial charge in [-0.25, -0.2) is 0 Å². The van der Waals surface area contributed by atoms with Crippen LogP contribution in [0.15, 0.2) is 24.3 Å². The lowest BCUT2D eigenvalue weighted by Crippen LogP contribution is -2.12. The highest BCUT2D eigenvalue weighted by Crippen LogP contribution is 2.17. The molecular weight excluding hydrogens is 226 g/mol. The van der Waals surface area contributed by atoms with Gasteiger partial charge in [-0.05, 0) is 29.5 Å². The molecule has 1 aromatic carbocycles. The van der Waals surface area contributed by atoms with E-state index < -0.39 is 0 Å². The Bertz CT molecular complexity index is 327. The zero-order valence-corrected chi connectivity index (χ0v) is 11.7. The SMILES string of the molecule is CC(C)(C)CCOCCOc1ccc(CN)cc1. The van der Waals surface area contributed by atoms with Crippen molar-refractivity contribution in [3.63, 3.8) is 0 Å². The summed E-state index contributed by atoms with van der Waals surface area (Å²) in [7, 11) is 0. The Morgan fingerprint density at radius 3 is 2.22 bits per heavy atom. The van der Waals surface area contributed by atoms with Crippen LogP contribution in [0.25, 0.3) is 0 Å². The average molecular weight is 251 g/mol. The smallest absolute Gasteiger partial charge is 0.119 e. The van der Waals surface area contributed by atoms with Gasteiger partial charge in [0.15, 0.2) is 0 Å². The lowest BCUT2D eigenvalue weighted by Gasteiger charge is -2.17. The van der Waals surface area contributed by atoms with Gasteiger partial charge < -0.3 is 15.2 Å². The molecule has 0 heterocycles. The van der Waals surface area contributed by atoms with Crippen LogP contribution in [0.1, 0.15) is 32.8 Å². The molecule has 3 nitrogen and oxygen atoms in total. The lowest BCUT2D eigenvalue weighted by atomic mass is 9.93. The van der Waals surface area contributed by atoms with Gasteiger partial charge in [0.05, 0.1) is 6.61 Å². The summed E-state index contributed by atoms with van der Waals surface area (Å²) < 4.78 is 11.1. The largest absolute Gasteiger partial charge is 0.491 e. The molecule has 1 aromatic rings. The maximum Gasteiger partial charge on any atom is 0.119 e. The van der Waals surface area contributed by atoms with Gasteiger partial charge in [0, 0.05) is 13.2 Å². The van der Waals surface area contributed by atoms with Gasteiger partial charge in [-0.15, -0.1) is 0 Å². The second-order valence-electron chi connectivity index (χ2n) is 5.62. The molecule has 0 saturated carbocycles. The highest BCUT2D eigenvalue weighted by Gasteiger charge is 2.08. The van der Waals surface area contributed by atoms with Crippen LogP contribution in [0.3, 0.4) is 0 Å². The number of rotatable bonds is 7.